The van der Waals surface area contributed by atoms with Gasteiger partial charge in [0, 0.05) is 11.5 Å². The Bertz CT molecular complexity index is 1330. The van der Waals surface area contributed by atoms with E-state index in [-0.39, 0.29) is 5.41 Å². The Morgan fingerprint density at radius 2 is 1.77 bits per heavy atom. The van der Waals surface area contributed by atoms with Crippen molar-refractivity contribution in [3.05, 3.63) is 59.8 Å². The number of nitrogens with zero attached hydrogens (tertiary/aromatic N) is 1. The lowest BCUT2D eigenvalue weighted by Crippen LogP contribution is -2.32. The maximum Gasteiger partial charge on any atom is 0.228 e. The molecule has 5 rings (SSSR count). The van der Waals surface area contributed by atoms with Crippen LogP contribution in [0.2, 0.25) is 0 Å². The van der Waals surface area contributed by atoms with Crippen LogP contribution in [0.25, 0.3) is 32.8 Å². The number of pyridine rings is 1. The Labute approximate surface area is 177 Å². The Morgan fingerprint density at radius 1 is 1.03 bits per heavy atom. The Hall–Kier alpha value is -3.07. The molecule has 3 aromatic carbocycles. The van der Waals surface area contributed by atoms with Gasteiger partial charge in [-0.15, -0.1) is 0 Å². The van der Waals surface area contributed by atoms with E-state index in [1.165, 1.54) is 33.0 Å². The lowest BCUT2D eigenvalue weighted by atomic mass is 9.86. The van der Waals surface area contributed by atoms with Gasteiger partial charge in [0.25, 0.3) is 0 Å². The van der Waals surface area contributed by atoms with Gasteiger partial charge < -0.3 is 9.47 Å². The average molecular weight is 399 g/mol. The zero-order valence-corrected chi connectivity index (χ0v) is 18.6. The second-order valence-electron chi connectivity index (χ2n) is 9.58. The van der Waals surface area contributed by atoms with E-state index in [0.29, 0.717) is 0 Å². The molecule has 3 nitrogen and oxygen atoms in total. The van der Waals surface area contributed by atoms with Crippen molar-refractivity contribution in [1.29, 1.82) is 0 Å². The number of rotatable bonds is 2. The fraction of sp³-hybridized carbons (Fsp3) is 0.296. The summed E-state index contributed by atoms with van der Waals surface area (Å²) in [5.74, 6) is 2.53. The van der Waals surface area contributed by atoms with E-state index in [0.717, 1.165) is 34.6 Å². The number of aryl methyl sites for hydroxylation is 2. The number of hydrogen-bond donors (Lipinski definition) is 0. The molecule has 0 saturated heterocycles. The maximum atomic E-state index is 6.63. The number of ether oxygens (including phenoxy) is 2. The van der Waals surface area contributed by atoms with E-state index >= 15 is 0 Å². The number of benzene rings is 3. The lowest BCUT2D eigenvalue weighted by molar-refractivity contribution is -0.659. The first-order valence-corrected chi connectivity index (χ1v) is 10.5. The highest BCUT2D eigenvalue weighted by Gasteiger charge is 2.33. The molecule has 0 aliphatic carbocycles. The molecule has 30 heavy (non-hydrogen) atoms. The summed E-state index contributed by atoms with van der Waals surface area (Å²) in [6.07, 6.45) is 3.15. The fourth-order valence-corrected chi connectivity index (χ4v) is 4.86. The van der Waals surface area contributed by atoms with Crippen LogP contribution in [-0.2, 0) is 13.5 Å². The third-order valence-electron chi connectivity index (χ3n) is 6.03. The normalized spacial score (nSPS) is 12.7. The van der Waals surface area contributed by atoms with Gasteiger partial charge >= 0.3 is 0 Å². The third-order valence-corrected chi connectivity index (χ3v) is 6.03. The minimum atomic E-state index is 0.208. The van der Waals surface area contributed by atoms with Gasteiger partial charge in [-0.05, 0) is 46.7 Å². The summed E-state index contributed by atoms with van der Waals surface area (Å²) < 4.78 is 14.7. The maximum absolute atomic E-state index is 6.63. The minimum Gasteiger partial charge on any atom is -0.492 e. The van der Waals surface area contributed by atoms with Crippen LogP contribution in [0.3, 0.4) is 0 Å². The first-order valence-electron chi connectivity index (χ1n) is 10.5. The number of fused-ring (bicyclic) bond motifs is 3. The smallest absolute Gasteiger partial charge is 0.228 e. The molecule has 0 saturated carbocycles. The summed E-state index contributed by atoms with van der Waals surface area (Å²) in [5, 5.41) is 4.67. The van der Waals surface area contributed by atoms with E-state index in [1.807, 2.05) is 0 Å². The molecule has 3 heteroatoms. The molecule has 0 fully saturated rings. The monoisotopic (exact) mass is 398 g/mol. The zero-order valence-electron chi connectivity index (χ0n) is 18.6. The first kappa shape index (κ1) is 18.9. The fourth-order valence-electron chi connectivity index (χ4n) is 4.86. The van der Waals surface area contributed by atoms with Crippen LogP contribution >= 0.6 is 0 Å². The summed E-state index contributed by atoms with van der Waals surface area (Å²) in [4.78, 5) is 0. The van der Waals surface area contributed by atoms with Crippen LogP contribution in [0.1, 0.15) is 31.9 Å². The quantitative estimate of drug-likeness (QED) is 0.317. The van der Waals surface area contributed by atoms with Gasteiger partial charge in [0.15, 0.2) is 17.7 Å². The van der Waals surface area contributed by atoms with Gasteiger partial charge in [0.1, 0.15) is 12.8 Å². The average Bonchev–Trinajstić information content (AvgIpc) is 2.69. The summed E-state index contributed by atoms with van der Waals surface area (Å²) >= 11 is 0. The molecular weight excluding hydrogens is 370 g/mol. The predicted molar refractivity (Wildman–Crippen MR) is 123 cm³/mol. The summed E-state index contributed by atoms with van der Waals surface area (Å²) in [6, 6.07) is 15.1. The molecule has 152 valence electrons. The van der Waals surface area contributed by atoms with Crippen LogP contribution < -0.4 is 14.0 Å². The summed E-state index contributed by atoms with van der Waals surface area (Å²) in [5.41, 5.74) is 5.03. The Kier molecular flexibility index (Phi) is 4.08. The van der Waals surface area contributed by atoms with Gasteiger partial charge in [-0.3, -0.25) is 0 Å². The number of methoxy groups -OCH3 is 1. The summed E-state index contributed by atoms with van der Waals surface area (Å²) in [6.45, 7) is 9.00. The van der Waals surface area contributed by atoms with Crippen LogP contribution in [0.5, 0.6) is 17.2 Å². The van der Waals surface area contributed by atoms with E-state index in [1.54, 1.807) is 7.11 Å². The van der Waals surface area contributed by atoms with Gasteiger partial charge in [-0.1, -0.05) is 51.1 Å². The topological polar surface area (TPSA) is 22.3 Å². The van der Waals surface area contributed by atoms with Gasteiger partial charge in [0.2, 0.25) is 5.69 Å². The standard InChI is InChI=1S/C27H28NO2/c1-16-19-9-7-8-10-20(19)25(29-6)26-22(16)24-23-18(11-12-28(24)5)13-17(14-21(23)30-26)15-27(2,3)4/h7-14H,15H2,1-6H3/q+1. The second-order valence-corrected chi connectivity index (χ2v) is 9.58. The van der Waals surface area contributed by atoms with Crippen LogP contribution in [0.15, 0.2) is 48.7 Å². The van der Waals surface area contributed by atoms with Gasteiger partial charge in [0.05, 0.1) is 18.1 Å². The van der Waals surface area contributed by atoms with Crippen molar-refractivity contribution in [1.82, 2.24) is 0 Å². The van der Waals surface area contributed by atoms with E-state index in [9.17, 15) is 0 Å². The molecule has 2 heterocycles. The predicted octanol–water partition coefficient (Wildman–Crippen LogP) is 6.50. The van der Waals surface area contributed by atoms with Gasteiger partial charge in [-0.2, -0.15) is 0 Å². The molecule has 4 aromatic rings. The van der Waals surface area contributed by atoms with Crippen LogP contribution in [0, 0.1) is 12.3 Å². The van der Waals surface area contributed by atoms with Crippen molar-refractivity contribution in [2.24, 2.45) is 12.5 Å². The molecular formula is C27H28NO2+. The second kappa shape index (κ2) is 6.46. The van der Waals surface area contributed by atoms with Crippen molar-refractivity contribution in [2.75, 3.05) is 7.11 Å². The SMILES string of the molecule is COc1c2c(c(C)c3ccccc13)-c1c3c(cc(CC(C)(C)C)cc3cc[n+]1C)O2. The van der Waals surface area contributed by atoms with Crippen molar-refractivity contribution >= 4 is 21.5 Å². The van der Waals surface area contributed by atoms with Gasteiger partial charge in [-0.25, -0.2) is 4.57 Å². The van der Waals surface area contributed by atoms with E-state index in [2.05, 4.69) is 88.0 Å². The molecule has 0 atom stereocenters. The molecule has 1 aliphatic heterocycles. The van der Waals surface area contributed by atoms with E-state index < -0.39 is 0 Å². The van der Waals surface area contributed by atoms with Crippen LogP contribution in [0.4, 0.5) is 0 Å². The van der Waals surface area contributed by atoms with E-state index in [4.69, 9.17) is 9.47 Å². The molecule has 0 amide bonds. The molecule has 0 spiro atoms. The molecule has 0 N–H and O–H groups in total. The molecule has 0 bridgehead atoms. The largest absolute Gasteiger partial charge is 0.492 e. The molecule has 1 aromatic heterocycles. The van der Waals surface area contributed by atoms with Crippen molar-refractivity contribution in [3.63, 3.8) is 0 Å². The number of aromatic nitrogens is 1. The highest BCUT2D eigenvalue weighted by molar-refractivity contribution is 6.07. The summed E-state index contributed by atoms with van der Waals surface area (Å²) in [7, 11) is 3.84. The van der Waals surface area contributed by atoms with Crippen molar-refractivity contribution in [2.45, 2.75) is 34.1 Å². The zero-order chi connectivity index (χ0) is 21.2. The molecule has 0 radical (unpaired) electrons. The Morgan fingerprint density at radius 3 is 2.47 bits per heavy atom. The third kappa shape index (κ3) is 2.76. The van der Waals surface area contributed by atoms with Crippen molar-refractivity contribution < 1.29 is 14.0 Å². The highest BCUT2D eigenvalue weighted by Crippen LogP contribution is 2.53. The number of hydrogen-bond acceptors (Lipinski definition) is 2. The molecule has 0 unspecified atom stereocenters. The molecule has 1 aliphatic rings. The highest BCUT2D eigenvalue weighted by atomic mass is 16.5. The van der Waals surface area contributed by atoms with Crippen molar-refractivity contribution in [3.8, 4) is 28.5 Å². The first-order chi connectivity index (χ1) is 14.3. The van der Waals surface area contributed by atoms with Crippen LogP contribution in [-0.4, -0.2) is 7.11 Å². The Balaban J connectivity index is 1.90. The minimum absolute atomic E-state index is 0.208. The lowest BCUT2D eigenvalue weighted by Gasteiger charge is -2.25.